The summed E-state index contributed by atoms with van der Waals surface area (Å²) < 4.78 is 12.8. The Morgan fingerprint density at radius 3 is 2.43 bits per heavy atom. The second-order valence-corrected chi connectivity index (χ2v) is 6.22. The zero-order valence-electron chi connectivity index (χ0n) is 12.0. The molecule has 0 aliphatic rings. The first-order valence-electron chi connectivity index (χ1n) is 6.36. The predicted molar refractivity (Wildman–Crippen MR) is 90.2 cm³/mol. The van der Waals surface area contributed by atoms with Gasteiger partial charge < -0.3 is 14.8 Å². The summed E-state index contributed by atoms with van der Waals surface area (Å²) in [6, 6.07) is 5.76. The van der Waals surface area contributed by atoms with Crippen molar-refractivity contribution in [1.29, 1.82) is 0 Å². The molecule has 0 spiro atoms. The van der Waals surface area contributed by atoms with Crippen LogP contribution < -0.4 is 14.8 Å². The topological polar surface area (TPSA) is 43.4 Å². The minimum absolute atomic E-state index is 0.590. The summed E-state index contributed by atoms with van der Waals surface area (Å²) in [4.78, 5) is 4.38. The van der Waals surface area contributed by atoms with E-state index < -0.39 is 0 Å². The van der Waals surface area contributed by atoms with E-state index in [0.717, 1.165) is 32.4 Å². The maximum absolute atomic E-state index is 5.89. The highest BCUT2D eigenvalue weighted by Gasteiger charge is 2.11. The summed E-state index contributed by atoms with van der Waals surface area (Å²) in [7, 11) is 3.53. The average Bonchev–Trinajstić information content (AvgIpc) is 2.45. The second kappa shape index (κ2) is 7.24. The Morgan fingerprint density at radius 2 is 1.81 bits per heavy atom. The van der Waals surface area contributed by atoms with Crippen molar-refractivity contribution in [1.82, 2.24) is 10.3 Å². The molecular weight excluding hydrogens is 400 g/mol. The van der Waals surface area contributed by atoms with Crippen LogP contribution in [-0.2, 0) is 6.54 Å². The van der Waals surface area contributed by atoms with Gasteiger partial charge in [-0.15, -0.1) is 0 Å². The number of hydrogen-bond donors (Lipinski definition) is 1. The molecule has 1 aromatic carbocycles. The minimum atomic E-state index is 0.590. The molecule has 0 saturated heterocycles. The third-order valence-corrected chi connectivity index (χ3v) is 4.12. The lowest BCUT2D eigenvalue weighted by molar-refractivity contribution is 0.408. The number of nitrogens with zero attached hydrogens (tertiary/aromatic N) is 1. The first-order chi connectivity index (χ1) is 10.0. The number of halogens is 2. The van der Waals surface area contributed by atoms with Crippen molar-refractivity contribution in [2.75, 3.05) is 14.2 Å². The van der Waals surface area contributed by atoms with Crippen molar-refractivity contribution < 1.29 is 9.47 Å². The van der Waals surface area contributed by atoms with Crippen molar-refractivity contribution in [2.24, 2.45) is 0 Å². The molecule has 1 N–H and O–H groups in total. The molecule has 0 amide bonds. The Hall–Kier alpha value is -1.11. The van der Waals surface area contributed by atoms with E-state index in [-0.39, 0.29) is 0 Å². The second-order valence-electron chi connectivity index (χ2n) is 4.52. The average molecular weight is 416 g/mol. The summed E-state index contributed by atoms with van der Waals surface area (Å²) in [6.45, 7) is 2.76. The molecule has 21 heavy (non-hydrogen) atoms. The number of rotatable bonds is 5. The van der Waals surface area contributed by atoms with Gasteiger partial charge in [-0.05, 0) is 69.6 Å². The summed E-state index contributed by atoms with van der Waals surface area (Å²) in [5, 5.41) is 3.10. The quantitative estimate of drug-likeness (QED) is 0.784. The molecule has 2 rings (SSSR count). The molecule has 4 nitrogen and oxygen atoms in total. The van der Waals surface area contributed by atoms with Gasteiger partial charge in [0.15, 0.2) is 0 Å². The lowest BCUT2D eigenvalue weighted by atomic mass is 10.2. The van der Waals surface area contributed by atoms with Gasteiger partial charge in [0.25, 0.3) is 0 Å². The van der Waals surface area contributed by atoms with E-state index in [9.17, 15) is 0 Å². The molecule has 1 heterocycles. The molecule has 0 radical (unpaired) electrons. The fraction of sp³-hybridized carbons (Fsp3) is 0.267. The zero-order valence-corrected chi connectivity index (χ0v) is 15.2. The Bertz CT molecular complexity index is 648. The molecule has 6 heteroatoms. The van der Waals surface area contributed by atoms with Gasteiger partial charge in [0, 0.05) is 18.3 Å². The molecular formula is C15H16Br2N2O2. The lowest BCUT2D eigenvalue weighted by Crippen LogP contribution is -2.06. The number of ether oxygens (including phenoxy) is 2. The fourth-order valence-corrected chi connectivity index (χ4v) is 2.76. The lowest BCUT2D eigenvalue weighted by Gasteiger charge is -2.12. The molecule has 2 aromatic rings. The largest absolute Gasteiger partial charge is 0.496 e. The number of pyridine rings is 1. The third kappa shape index (κ3) is 3.96. The van der Waals surface area contributed by atoms with Crippen LogP contribution in [0.2, 0.25) is 0 Å². The van der Waals surface area contributed by atoms with Crippen molar-refractivity contribution in [2.45, 2.75) is 13.5 Å². The molecule has 0 atom stereocenters. The Balaban J connectivity index is 2.28. The van der Waals surface area contributed by atoms with Crippen molar-refractivity contribution >= 4 is 31.9 Å². The van der Waals surface area contributed by atoms with E-state index in [1.54, 1.807) is 7.11 Å². The molecule has 0 bridgehead atoms. The number of methoxy groups -OCH3 is 1. The molecule has 0 unspecified atom stereocenters. The zero-order chi connectivity index (χ0) is 15.4. The standard InChI is InChI=1S/C15H16Br2N2O2/c1-9-4-10(7-18-2)8-19-15(9)21-14-6-11(16)13(20-3)5-12(14)17/h4-6,8,18H,7H2,1-3H3. The van der Waals surface area contributed by atoms with Crippen LogP contribution in [0.25, 0.3) is 0 Å². The van der Waals surface area contributed by atoms with Gasteiger partial charge in [-0.1, -0.05) is 0 Å². The van der Waals surface area contributed by atoms with Crippen LogP contribution in [0.5, 0.6) is 17.4 Å². The van der Waals surface area contributed by atoms with Gasteiger partial charge >= 0.3 is 0 Å². The van der Waals surface area contributed by atoms with E-state index in [2.05, 4.69) is 48.2 Å². The molecule has 0 aliphatic carbocycles. The number of aromatic nitrogens is 1. The van der Waals surface area contributed by atoms with E-state index >= 15 is 0 Å². The van der Waals surface area contributed by atoms with Gasteiger partial charge in [-0.25, -0.2) is 4.98 Å². The molecule has 0 saturated carbocycles. The summed E-state index contributed by atoms with van der Waals surface area (Å²) >= 11 is 6.93. The minimum Gasteiger partial charge on any atom is -0.496 e. The fourth-order valence-electron chi connectivity index (χ4n) is 1.88. The highest BCUT2D eigenvalue weighted by Crippen LogP contribution is 2.38. The Morgan fingerprint density at radius 1 is 1.14 bits per heavy atom. The highest BCUT2D eigenvalue weighted by atomic mass is 79.9. The monoisotopic (exact) mass is 414 g/mol. The first kappa shape index (κ1) is 16.3. The van der Waals surface area contributed by atoms with Crippen molar-refractivity contribution in [3.63, 3.8) is 0 Å². The van der Waals surface area contributed by atoms with Crippen LogP contribution in [0.3, 0.4) is 0 Å². The van der Waals surface area contributed by atoms with Crippen molar-refractivity contribution in [3.8, 4) is 17.4 Å². The van der Waals surface area contributed by atoms with Crippen LogP contribution in [0, 0.1) is 6.92 Å². The Kier molecular flexibility index (Phi) is 5.61. The summed E-state index contributed by atoms with van der Waals surface area (Å²) in [6.07, 6.45) is 1.81. The number of hydrogen-bond acceptors (Lipinski definition) is 4. The number of benzene rings is 1. The normalized spacial score (nSPS) is 10.5. The molecule has 112 valence electrons. The smallest absolute Gasteiger partial charge is 0.222 e. The number of aryl methyl sites for hydroxylation is 1. The van der Waals surface area contributed by atoms with E-state index in [4.69, 9.17) is 9.47 Å². The maximum atomic E-state index is 5.89. The van der Waals surface area contributed by atoms with Gasteiger partial charge in [0.1, 0.15) is 11.5 Å². The first-order valence-corrected chi connectivity index (χ1v) is 7.94. The summed E-state index contributed by atoms with van der Waals surface area (Å²) in [5.74, 6) is 2.01. The summed E-state index contributed by atoms with van der Waals surface area (Å²) in [5.41, 5.74) is 2.11. The molecule has 1 aromatic heterocycles. The van der Waals surface area contributed by atoms with E-state index in [1.165, 1.54) is 0 Å². The molecule has 0 fully saturated rings. The van der Waals surface area contributed by atoms with Crippen LogP contribution in [0.15, 0.2) is 33.3 Å². The van der Waals surface area contributed by atoms with Crippen LogP contribution >= 0.6 is 31.9 Å². The predicted octanol–water partition coefficient (Wildman–Crippen LogP) is 4.44. The Labute approximate surface area is 141 Å². The van der Waals surface area contributed by atoms with Crippen LogP contribution in [0.4, 0.5) is 0 Å². The van der Waals surface area contributed by atoms with Gasteiger partial charge in [0.2, 0.25) is 5.88 Å². The van der Waals surface area contributed by atoms with E-state index in [0.29, 0.717) is 11.6 Å². The van der Waals surface area contributed by atoms with Gasteiger partial charge in [0.05, 0.1) is 16.1 Å². The molecule has 0 aliphatic heterocycles. The van der Waals surface area contributed by atoms with Gasteiger partial charge in [-0.2, -0.15) is 0 Å². The maximum Gasteiger partial charge on any atom is 0.222 e. The number of nitrogens with one attached hydrogen (secondary N) is 1. The van der Waals surface area contributed by atoms with Gasteiger partial charge in [-0.3, -0.25) is 0 Å². The van der Waals surface area contributed by atoms with Crippen LogP contribution in [-0.4, -0.2) is 19.1 Å². The van der Waals surface area contributed by atoms with Crippen LogP contribution in [0.1, 0.15) is 11.1 Å². The van der Waals surface area contributed by atoms with E-state index in [1.807, 2.05) is 32.3 Å². The third-order valence-electron chi connectivity index (χ3n) is 2.88. The van der Waals surface area contributed by atoms with Crippen molar-refractivity contribution in [3.05, 3.63) is 44.5 Å². The SMILES string of the molecule is CNCc1cnc(Oc2cc(Br)c(OC)cc2Br)c(C)c1. The highest BCUT2D eigenvalue weighted by molar-refractivity contribution is 9.11.